The molecule has 1 saturated carbocycles. The summed E-state index contributed by atoms with van der Waals surface area (Å²) in [6.45, 7) is 8.94. The van der Waals surface area contributed by atoms with E-state index in [-0.39, 0.29) is 17.6 Å². The second kappa shape index (κ2) is 5.54. The predicted molar refractivity (Wildman–Crippen MR) is 80.6 cm³/mol. The van der Waals surface area contributed by atoms with Crippen molar-refractivity contribution < 1.29 is 4.74 Å². The number of ether oxygens (including phenoxy) is 1. The molecule has 3 unspecified atom stereocenters. The smallest absolute Gasteiger partial charge is 0.123 e. The molecule has 0 bridgehead atoms. The molecule has 2 rings (SSSR count). The monoisotopic (exact) mass is 261 g/mol. The molecule has 0 aliphatic heterocycles. The Hall–Kier alpha value is -1.02. The van der Waals surface area contributed by atoms with E-state index in [2.05, 4.69) is 45.9 Å². The van der Waals surface area contributed by atoms with Gasteiger partial charge in [-0.15, -0.1) is 0 Å². The van der Waals surface area contributed by atoms with Crippen LogP contribution in [0.25, 0.3) is 0 Å². The van der Waals surface area contributed by atoms with Crippen LogP contribution < -0.4 is 10.5 Å². The Morgan fingerprint density at radius 2 is 2.05 bits per heavy atom. The lowest BCUT2D eigenvalue weighted by Gasteiger charge is -2.28. The van der Waals surface area contributed by atoms with E-state index in [0.717, 1.165) is 25.0 Å². The summed E-state index contributed by atoms with van der Waals surface area (Å²) < 4.78 is 6.25. The Balaban J connectivity index is 2.16. The largest absolute Gasteiger partial charge is 0.488 e. The highest BCUT2D eigenvalue weighted by Crippen LogP contribution is 2.39. The Labute approximate surface area is 117 Å². The summed E-state index contributed by atoms with van der Waals surface area (Å²) in [6.07, 6.45) is 3.48. The lowest BCUT2D eigenvalue weighted by atomic mass is 9.87. The van der Waals surface area contributed by atoms with E-state index in [1.54, 1.807) is 0 Å². The van der Waals surface area contributed by atoms with Crippen molar-refractivity contribution in [2.45, 2.75) is 65.0 Å². The number of rotatable bonds is 4. The van der Waals surface area contributed by atoms with E-state index in [9.17, 15) is 0 Å². The maximum atomic E-state index is 6.34. The van der Waals surface area contributed by atoms with Gasteiger partial charge in [0.25, 0.3) is 0 Å². The van der Waals surface area contributed by atoms with E-state index in [1.807, 2.05) is 6.07 Å². The molecular formula is C17H27NO. The first-order valence-electron chi connectivity index (χ1n) is 7.47. The van der Waals surface area contributed by atoms with Gasteiger partial charge < -0.3 is 10.5 Å². The Kier molecular flexibility index (Phi) is 4.19. The topological polar surface area (TPSA) is 35.2 Å². The molecular weight excluding hydrogens is 234 g/mol. The number of hydrogen-bond acceptors (Lipinski definition) is 2. The third-order valence-electron chi connectivity index (χ3n) is 4.72. The van der Waals surface area contributed by atoms with Crippen LogP contribution >= 0.6 is 0 Å². The van der Waals surface area contributed by atoms with Crippen LogP contribution in [0.15, 0.2) is 24.3 Å². The predicted octanol–water partition coefficient (Wildman–Crippen LogP) is 4.09. The van der Waals surface area contributed by atoms with Gasteiger partial charge in [-0.25, -0.2) is 0 Å². The summed E-state index contributed by atoms with van der Waals surface area (Å²) in [4.78, 5) is 0. The maximum absolute atomic E-state index is 6.34. The zero-order valence-corrected chi connectivity index (χ0v) is 12.6. The van der Waals surface area contributed by atoms with Crippen molar-refractivity contribution in [1.82, 2.24) is 0 Å². The molecule has 106 valence electrons. The Morgan fingerprint density at radius 1 is 1.37 bits per heavy atom. The molecule has 2 N–H and O–H groups in total. The van der Waals surface area contributed by atoms with Gasteiger partial charge in [0.05, 0.1) is 0 Å². The summed E-state index contributed by atoms with van der Waals surface area (Å²) in [5.41, 5.74) is 7.84. The first kappa shape index (κ1) is 14.4. The Bertz CT molecular complexity index is 427. The molecule has 0 spiro atoms. The molecule has 3 atom stereocenters. The highest BCUT2D eigenvalue weighted by atomic mass is 16.5. The second-order valence-corrected chi connectivity index (χ2v) is 6.56. The van der Waals surface area contributed by atoms with Crippen LogP contribution in [0, 0.1) is 5.41 Å². The number of hydrogen-bond donors (Lipinski definition) is 1. The normalized spacial score (nSPS) is 27.2. The molecule has 0 aromatic heterocycles. The molecule has 1 aliphatic carbocycles. The maximum Gasteiger partial charge on any atom is 0.123 e. The third-order valence-corrected chi connectivity index (χ3v) is 4.72. The summed E-state index contributed by atoms with van der Waals surface area (Å²) in [5, 5.41) is 0. The van der Waals surface area contributed by atoms with Crippen molar-refractivity contribution in [2.75, 3.05) is 0 Å². The highest BCUT2D eigenvalue weighted by Gasteiger charge is 2.41. The van der Waals surface area contributed by atoms with Crippen molar-refractivity contribution in [3.63, 3.8) is 0 Å². The van der Waals surface area contributed by atoms with Gasteiger partial charge in [0.15, 0.2) is 0 Å². The highest BCUT2D eigenvalue weighted by molar-refractivity contribution is 5.36. The van der Waals surface area contributed by atoms with Gasteiger partial charge in [-0.05, 0) is 42.2 Å². The summed E-state index contributed by atoms with van der Waals surface area (Å²) in [5.74, 6) is 1.55. The van der Waals surface area contributed by atoms with E-state index >= 15 is 0 Å². The first-order valence-corrected chi connectivity index (χ1v) is 7.47. The molecule has 0 heterocycles. The van der Waals surface area contributed by atoms with Crippen LogP contribution in [-0.2, 0) is 0 Å². The average Bonchev–Trinajstić information content (AvgIpc) is 2.66. The fourth-order valence-corrected chi connectivity index (χ4v) is 2.87. The first-order chi connectivity index (χ1) is 8.95. The van der Waals surface area contributed by atoms with Crippen molar-refractivity contribution in [2.24, 2.45) is 11.1 Å². The molecule has 2 nitrogen and oxygen atoms in total. The molecule has 2 heteroatoms. The van der Waals surface area contributed by atoms with Crippen molar-refractivity contribution >= 4 is 0 Å². The van der Waals surface area contributed by atoms with E-state index in [0.29, 0.717) is 5.92 Å². The molecule has 1 aliphatic rings. The van der Waals surface area contributed by atoms with Gasteiger partial charge >= 0.3 is 0 Å². The summed E-state index contributed by atoms with van der Waals surface area (Å²) in [6, 6.07) is 8.52. The molecule has 1 aromatic carbocycles. The number of nitrogens with two attached hydrogens (primary N) is 1. The molecule has 0 radical (unpaired) electrons. The molecule has 0 amide bonds. The number of benzene rings is 1. The summed E-state index contributed by atoms with van der Waals surface area (Å²) in [7, 11) is 0. The van der Waals surface area contributed by atoms with Gasteiger partial charge in [0.1, 0.15) is 11.9 Å². The zero-order valence-electron chi connectivity index (χ0n) is 12.6. The van der Waals surface area contributed by atoms with Gasteiger partial charge in [0, 0.05) is 6.04 Å². The quantitative estimate of drug-likeness (QED) is 0.885. The average molecular weight is 261 g/mol. The minimum absolute atomic E-state index is 0.123. The molecule has 1 aromatic rings. The van der Waals surface area contributed by atoms with Crippen molar-refractivity contribution in [3.8, 4) is 5.75 Å². The fourth-order valence-electron chi connectivity index (χ4n) is 2.87. The van der Waals surface area contributed by atoms with E-state index in [1.165, 1.54) is 5.56 Å². The van der Waals surface area contributed by atoms with Crippen LogP contribution in [0.3, 0.4) is 0 Å². The SMILES string of the molecule is CCC(C)c1ccccc1OC1CCC(C)(C)C1N. The van der Waals surface area contributed by atoms with Gasteiger partial charge in [0.2, 0.25) is 0 Å². The van der Waals surface area contributed by atoms with Crippen LogP contribution in [0.5, 0.6) is 5.75 Å². The molecule has 0 saturated heterocycles. The lowest BCUT2D eigenvalue weighted by Crippen LogP contribution is -2.42. The minimum atomic E-state index is 0.123. The van der Waals surface area contributed by atoms with Gasteiger partial charge in [-0.2, -0.15) is 0 Å². The zero-order chi connectivity index (χ0) is 14.0. The van der Waals surface area contributed by atoms with Gasteiger partial charge in [-0.1, -0.05) is 45.9 Å². The third kappa shape index (κ3) is 2.94. The summed E-state index contributed by atoms with van der Waals surface area (Å²) >= 11 is 0. The fraction of sp³-hybridized carbons (Fsp3) is 0.647. The van der Waals surface area contributed by atoms with Crippen LogP contribution in [0.1, 0.15) is 58.4 Å². The van der Waals surface area contributed by atoms with Crippen LogP contribution in [0.2, 0.25) is 0 Å². The van der Waals surface area contributed by atoms with Crippen molar-refractivity contribution in [3.05, 3.63) is 29.8 Å². The van der Waals surface area contributed by atoms with Crippen LogP contribution in [-0.4, -0.2) is 12.1 Å². The second-order valence-electron chi connectivity index (χ2n) is 6.56. The standard InChI is InChI=1S/C17H27NO/c1-5-12(2)13-8-6-7-9-14(13)19-15-10-11-17(3,4)16(15)18/h6-9,12,15-16H,5,10-11,18H2,1-4H3. The Morgan fingerprint density at radius 3 is 2.63 bits per heavy atom. The van der Waals surface area contributed by atoms with Gasteiger partial charge in [-0.3, -0.25) is 0 Å². The molecule has 1 fully saturated rings. The number of para-hydroxylation sites is 1. The van der Waals surface area contributed by atoms with Crippen molar-refractivity contribution in [1.29, 1.82) is 0 Å². The lowest BCUT2D eigenvalue weighted by molar-refractivity contribution is 0.163. The van der Waals surface area contributed by atoms with E-state index < -0.39 is 0 Å². The van der Waals surface area contributed by atoms with Crippen LogP contribution in [0.4, 0.5) is 0 Å². The molecule has 19 heavy (non-hydrogen) atoms. The minimum Gasteiger partial charge on any atom is -0.488 e. The van der Waals surface area contributed by atoms with E-state index in [4.69, 9.17) is 10.5 Å².